The Morgan fingerprint density at radius 1 is 0.543 bits per heavy atom. The molecule has 0 bridgehead atoms. The maximum absolute atomic E-state index is 6.20. The molecule has 0 fully saturated rings. The molecular formula is C32H58O3. The van der Waals surface area contributed by atoms with Gasteiger partial charge in [-0.15, -0.1) is 0 Å². The van der Waals surface area contributed by atoms with Gasteiger partial charge < -0.3 is 14.2 Å². The van der Waals surface area contributed by atoms with Crippen LogP contribution in [0.15, 0.2) is 48.6 Å². The number of ether oxygens (including phenoxy) is 3. The van der Waals surface area contributed by atoms with E-state index in [1.165, 1.54) is 103 Å². The maximum atomic E-state index is 6.20. The molecule has 204 valence electrons. The van der Waals surface area contributed by atoms with Crippen molar-refractivity contribution in [3.63, 3.8) is 0 Å². The normalized spacial score (nSPS) is 14.2. The van der Waals surface area contributed by atoms with Crippen LogP contribution in [0.1, 0.15) is 129 Å². The topological polar surface area (TPSA) is 27.7 Å². The van der Waals surface area contributed by atoms with Crippen LogP contribution < -0.4 is 0 Å². The fraction of sp³-hybridized carbons (Fsp3) is 0.750. The fourth-order valence-corrected chi connectivity index (χ4v) is 4.30. The molecule has 35 heavy (non-hydrogen) atoms. The lowest BCUT2D eigenvalue weighted by atomic mass is 10.1. The maximum Gasteiger partial charge on any atom is 0.186 e. The van der Waals surface area contributed by atoms with Gasteiger partial charge in [0.15, 0.2) is 12.6 Å². The van der Waals surface area contributed by atoms with E-state index < -0.39 is 12.6 Å². The Hall–Kier alpha value is -1.16. The van der Waals surface area contributed by atoms with Gasteiger partial charge in [0.05, 0.1) is 0 Å². The van der Waals surface area contributed by atoms with Crippen molar-refractivity contribution in [2.24, 2.45) is 0 Å². The standard InChI is InChI=1S/C32H58O3/c1-7-11-13-15-17-19-21-23-25-27-29(9-3)31(33-5)35-32(34-6)30(10-4)28-26-24-22-20-18-16-14-12-8-2/h9-10,27-28,31-32H,3-4,7-8,11-26H2,1-2,5-6H3/b29-27+,30-28+. The van der Waals surface area contributed by atoms with Gasteiger partial charge in [0.2, 0.25) is 0 Å². The minimum absolute atomic E-state index is 0.502. The van der Waals surface area contributed by atoms with Crippen LogP contribution in [0.25, 0.3) is 0 Å². The third kappa shape index (κ3) is 18.7. The highest BCUT2D eigenvalue weighted by molar-refractivity contribution is 5.22. The zero-order valence-electron chi connectivity index (χ0n) is 23.8. The number of hydrogen-bond donors (Lipinski definition) is 0. The summed E-state index contributed by atoms with van der Waals surface area (Å²) in [6.45, 7) is 12.5. The van der Waals surface area contributed by atoms with E-state index in [1.807, 2.05) is 12.2 Å². The number of allylic oxidation sites excluding steroid dienone is 2. The van der Waals surface area contributed by atoms with E-state index in [4.69, 9.17) is 14.2 Å². The third-order valence-corrected chi connectivity index (χ3v) is 6.57. The Kier molecular flexibility index (Phi) is 25.1. The van der Waals surface area contributed by atoms with Crippen LogP contribution in [0.5, 0.6) is 0 Å². The average molecular weight is 491 g/mol. The predicted octanol–water partition coefficient (Wildman–Crippen LogP) is 10.2. The van der Waals surface area contributed by atoms with Crippen molar-refractivity contribution >= 4 is 0 Å². The van der Waals surface area contributed by atoms with Gasteiger partial charge in [0, 0.05) is 25.4 Å². The van der Waals surface area contributed by atoms with Crippen LogP contribution in [-0.4, -0.2) is 26.8 Å². The van der Waals surface area contributed by atoms with Gasteiger partial charge in [-0.05, 0) is 25.7 Å². The summed E-state index contributed by atoms with van der Waals surface area (Å²) in [5, 5.41) is 0. The van der Waals surface area contributed by atoms with Crippen molar-refractivity contribution in [1.82, 2.24) is 0 Å². The number of methoxy groups -OCH3 is 2. The Balaban J connectivity index is 4.52. The Morgan fingerprint density at radius 2 is 0.857 bits per heavy atom. The average Bonchev–Trinajstić information content (AvgIpc) is 2.88. The molecule has 0 aromatic rings. The van der Waals surface area contributed by atoms with Crippen molar-refractivity contribution in [2.45, 2.75) is 142 Å². The molecule has 0 saturated heterocycles. The molecule has 0 radical (unpaired) electrons. The summed E-state index contributed by atoms with van der Waals surface area (Å²) < 4.78 is 17.5. The summed E-state index contributed by atoms with van der Waals surface area (Å²) in [5.74, 6) is 0. The molecule has 2 atom stereocenters. The first-order chi connectivity index (χ1) is 17.2. The van der Waals surface area contributed by atoms with E-state index in [-0.39, 0.29) is 0 Å². The molecule has 0 aromatic carbocycles. The zero-order valence-corrected chi connectivity index (χ0v) is 23.8. The molecular weight excluding hydrogens is 432 g/mol. The van der Waals surface area contributed by atoms with E-state index >= 15 is 0 Å². The molecule has 0 aliphatic heterocycles. The Labute approximate surface area is 219 Å². The predicted molar refractivity (Wildman–Crippen MR) is 154 cm³/mol. The lowest BCUT2D eigenvalue weighted by Gasteiger charge is -2.24. The van der Waals surface area contributed by atoms with E-state index in [0.717, 1.165) is 24.0 Å². The van der Waals surface area contributed by atoms with Crippen LogP contribution >= 0.6 is 0 Å². The van der Waals surface area contributed by atoms with Crippen LogP contribution in [0.2, 0.25) is 0 Å². The summed E-state index contributed by atoms with van der Waals surface area (Å²) in [7, 11) is 3.34. The fourth-order valence-electron chi connectivity index (χ4n) is 4.30. The molecule has 0 saturated carbocycles. The smallest absolute Gasteiger partial charge is 0.186 e. The molecule has 0 aliphatic rings. The first-order valence-electron chi connectivity index (χ1n) is 14.5. The zero-order chi connectivity index (χ0) is 26.0. The highest BCUT2D eigenvalue weighted by atomic mass is 16.8. The summed E-state index contributed by atoms with van der Waals surface area (Å²) in [6.07, 6.45) is 30.2. The van der Waals surface area contributed by atoms with Crippen molar-refractivity contribution in [3.8, 4) is 0 Å². The van der Waals surface area contributed by atoms with Gasteiger partial charge >= 0.3 is 0 Å². The summed E-state index contributed by atoms with van der Waals surface area (Å²) in [5.41, 5.74) is 1.92. The molecule has 0 rings (SSSR count). The van der Waals surface area contributed by atoms with E-state index in [2.05, 4.69) is 39.2 Å². The SMILES string of the molecule is C=C/C(=C\CCCCCCCCCC)C(OC)OC(OC)/C(C=C)=C/CCCCCCCCCC. The van der Waals surface area contributed by atoms with Crippen LogP contribution in [0.3, 0.4) is 0 Å². The molecule has 3 heteroatoms. The minimum Gasteiger partial charge on any atom is -0.352 e. The second-order valence-corrected chi connectivity index (χ2v) is 9.61. The largest absolute Gasteiger partial charge is 0.352 e. The second-order valence-electron chi connectivity index (χ2n) is 9.61. The second kappa shape index (κ2) is 25.9. The first kappa shape index (κ1) is 33.8. The monoisotopic (exact) mass is 490 g/mol. The van der Waals surface area contributed by atoms with E-state index in [1.54, 1.807) is 14.2 Å². The van der Waals surface area contributed by atoms with Crippen molar-refractivity contribution in [3.05, 3.63) is 48.6 Å². The highest BCUT2D eigenvalue weighted by Gasteiger charge is 2.20. The van der Waals surface area contributed by atoms with E-state index in [0.29, 0.717) is 0 Å². The van der Waals surface area contributed by atoms with Gasteiger partial charge in [-0.1, -0.05) is 141 Å². The number of unbranched alkanes of at least 4 members (excludes halogenated alkanes) is 16. The molecule has 0 aliphatic carbocycles. The molecule has 2 unspecified atom stereocenters. The molecule has 3 nitrogen and oxygen atoms in total. The van der Waals surface area contributed by atoms with Crippen LogP contribution in [0, 0.1) is 0 Å². The minimum atomic E-state index is -0.502. The lowest BCUT2D eigenvalue weighted by molar-refractivity contribution is -0.195. The van der Waals surface area contributed by atoms with Gasteiger partial charge in [-0.3, -0.25) is 0 Å². The van der Waals surface area contributed by atoms with Crippen LogP contribution in [-0.2, 0) is 14.2 Å². The van der Waals surface area contributed by atoms with Gasteiger partial charge in [0.25, 0.3) is 0 Å². The molecule has 0 spiro atoms. The first-order valence-corrected chi connectivity index (χ1v) is 14.5. The van der Waals surface area contributed by atoms with Crippen LogP contribution in [0.4, 0.5) is 0 Å². The Morgan fingerprint density at radius 3 is 1.14 bits per heavy atom. The Bertz CT molecular complexity index is 501. The highest BCUT2D eigenvalue weighted by Crippen LogP contribution is 2.20. The van der Waals surface area contributed by atoms with Crippen molar-refractivity contribution in [2.75, 3.05) is 14.2 Å². The van der Waals surface area contributed by atoms with Gasteiger partial charge in [0.1, 0.15) is 0 Å². The lowest BCUT2D eigenvalue weighted by Crippen LogP contribution is -2.27. The van der Waals surface area contributed by atoms with Gasteiger partial charge in [-0.25, -0.2) is 0 Å². The summed E-state index contributed by atoms with van der Waals surface area (Å²) >= 11 is 0. The summed E-state index contributed by atoms with van der Waals surface area (Å²) in [4.78, 5) is 0. The molecule has 0 heterocycles. The van der Waals surface area contributed by atoms with Crippen molar-refractivity contribution in [1.29, 1.82) is 0 Å². The van der Waals surface area contributed by atoms with Gasteiger partial charge in [-0.2, -0.15) is 0 Å². The van der Waals surface area contributed by atoms with E-state index in [9.17, 15) is 0 Å². The molecule has 0 amide bonds. The van der Waals surface area contributed by atoms with Crippen molar-refractivity contribution < 1.29 is 14.2 Å². The number of rotatable bonds is 26. The summed E-state index contributed by atoms with van der Waals surface area (Å²) in [6, 6.07) is 0. The third-order valence-electron chi connectivity index (χ3n) is 6.57. The number of hydrogen-bond acceptors (Lipinski definition) is 3. The quantitative estimate of drug-likeness (QED) is 0.0685. The molecule has 0 aromatic heterocycles. The molecule has 0 N–H and O–H groups in total.